The predicted octanol–water partition coefficient (Wildman–Crippen LogP) is 3.88. The van der Waals surface area contributed by atoms with Crippen LogP contribution in [0, 0.1) is 6.92 Å². The molecule has 37 heavy (non-hydrogen) atoms. The van der Waals surface area contributed by atoms with Crippen molar-refractivity contribution in [2.45, 2.75) is 45.1 Å². The minimum absolute atomic E-state index is 0.190. The summed E-state index contributed by atoms with van der Waals surface area (Å²) in [6, 6.07) is 6.31. The molecule has 2 saturated heterocycles. The molecule has 2 aliphatic rings. The number of likely N-dealkylation sites (tertiary alicyclic amines) is 1. The van der Waals surface area contributed by atoms with E-state index < -0.39 is 10.2 Å². The van der Waals surface area contributed by atoms with Crippen LogP contribution in [0.3, 0.4) is 0 Å². The van der Waals surface area contributed by atoms with Crippen molar-refractivity contribution in [2.75, 3.05) is 43.4 Å². The summed E-state index contributed by atoms with van der Waals surface area (Å²) in [5.74, 6) is 0.701. The Bertz CT molecular complexity index is 1430. The van der Waals surface area contributed by atoms with Crippen molar-refractivity contribution < 1.29 is 13.2 Å². The van der Waals surface area contributed by atoms with E-state index in [1.807, 2.05) is 19.2 Å². The Balaban J connectivity index is 1.49. The van der Waals surface area contributed by atoms with Crippen molar-refractivity contribution in [3.8, 4) is 0 Å². The quantitative estimate of drug-likeness (QED) is 0.504. The number of aromatic nitrogens is 3. The van der Waals surface area contributed by atoms with Crippen LogP contribution < -0.4 is 9.62 Å². The van der Waals surface area contributed by atoms with E-state index in [2.05, 4.69) is 9.62 Å². The zero-order valence-electron chi connectivity index (χ0n) is 21.3. The summed E-state index contributed by atoms with van der Waals surface area (Å²) in [5.41, 5.74) is 2.99. The number of carbonyl (C=O) groups excluding carboxylic acids is 1. The average Bonchev–Trinajstić information content (AvgIpc) is 3.54. The number of carbonyl (C=O) groups is 1. The second kappa shape index (κ2) is 10.1. The maximum Gasteiger partial charge on any atom is 0.301 e. The number of aryl methyl sites for hydroxylation is 1. The number of nitrogens with one attached hydrogen (secondary N) is 1. The van der Waals surface area contributed by atoms with Crippen LogP contribution in [0.15, 0.2) is 30.5 Å². The van der Waals surface area contributed by atoms with Crippen LogP contribution >= 0.6 is 11.6 Å². The van der Waals surface area contributed by atoms with Crippen molar-refractivity contribution in [1.82, 2.24) is 23.8 Å². The molecule has 5 rings (SSSR count). The Hall–Kier alpha value is -2.89. The zero-order valence-corrected chi connectivity index (χ0v) is 22.9. The number of hydrogen-bond donors (Lipinski definition) is 1. The third-order valence-electron chi connectivity index (χ3n) is 7.07. The highest BCUT2D eigenvalue weighted by Crippen LogP contribution is 2.34. The van der Waals surface area contributed by atoms with Gasteiger partial charge in [-0.25, -0.2) is 9.50 Å². The number of rotatable bonds is 6. The molecule has 1 atom stereocenters. The highest BCUT2D eigenvalue weighted by atomic mass is 35.5. The van der Waals surface area contributed by atoms with Crippen LogP contribution in [-0.4, -0.2) is 71.9 Å². The monoisotopic (exact) mass is 545 g/mol. The molecule has 10 nitrogen and oxygen atoms in total. The van der Waals surface area contributed by atoms with Crippen LogP contribution in [0.4, 0.5) is 11.5 Å². The van der Waals surface area contributed by atoms with Gasteiger partial charge in [0.05, 0.1) is 23.0 Å². The zero-order chi connectivity index (χ0) is 26.3. The summed E-state index contributed by atoms with van der Waals surface area (Å²) in [6.07, 6.45) is 6.92. The fraction of sp³-hybridized carbons (Fsp3) is 0.480. The molecular formula is C25H32ClN7O3S. The summed E-state index contributed by atoms with van der Waals surface area (Å²) >= 11 is 6.24. The van der Waals surface area contributed by atoms with Crippen molar-refractivity contribution in [3.63, 3.8) is 0 Å². The third-order valence-corrected chi connectivity index (χ3v) is 8.74. The molecule has 0 spiro atoms. The van der Waals surface area contributed by atoms with Gasteiger partial charge in [0.1, 0.15) is 5.82 Å². The van der Waals surface area contributed by atoms with Gasteiger partial charge in [-0.3, -0.25) is 9.52 Å². The number of fused-ring (bicyclic) bond motifs is 1. The molecule has 0 bridgehead atoms. The number of nitrogens with zero attached hydrogens (tertiary/aromatic N) is 6. The summed E-state index contributed by atoms with van der Waals surface area (Å²) in [5, 5.41) is 5.16. The van der Waals surface area contributed by atoms with Gasteiger partial charge in [0.15, 0.2) is 5.65 Å². The smallest absolute Gasteiger partial charge is 0.301 e. The van der Waals surface area contributed by atoms with Crippen molar-refractivity contribution in [2.24, 2.45) is 0 Å². The second-order valence-electron chi connectivity index (χ2n) is 9.90. The van der Waals surface area contributed by atoms with E-state index in [-0.39, 0.29) is 23.2 Å². The summed E-state index contributed by atoms with van der Waals surface area (Å²) in [7, 11) is -0.957. The van der Waals surface area contributed by atoms with E-state index in [0.29, 0.717) is 11.6 Å². The molecule has 12 heteroatoms. The van der Waals surface area contributed by atoms with Crippen molar-refractivity contribution in [1.29, 1.82) is 0 Å². The lowest BCUT2D eigenvalue weighted by molar-refractivity contribution is 0.0607. The van der Waals surface area contributed by atoms with Crippen LogP contribution in [0.1, 0.15) is 59.8 Å². The van der Waals surface area contributed by atoms with Gasteiger partial charge in [-0.2, -0.15) is 17.8 Å². The maximum atomic E-state index is 13.9. The van der Waals surface area contributed by atoms with Gasteiger partial charge in [0.25, 0.3) is 5.91 Å². The Kier molecular flexibility index (Phi) is 7.03. The largest absolute Gasteiger partial charge is 0.356 e. The first kappa shape index (κ1) is 25.7. The number of amides is 1. The van der Waals surface area contributed by atoms with E-state index in [4.69, 9.17) is 21.7 Å². The first-order valence-corrected chi connectivity index (χ1v) is 14.4. The first-order valence-electron chi connectivity index (χ1n) is 12.6. The molecule has 1 amide bonds. The lowest BCUT2D eigenvalue weighted by atomic mass is 9.98. The lowest BCUT2D eigenvalue weighted by Gasteiger charge is -2.35. The molecule has 198 valence electrons. The van der Waals surface area contributed by atoms with Crippen LogP contribution in [0.2, 0.25) is 5.02 Å². The van der Waals surface area contributed by atoms with Crippen molar-refractivity contribution >= 4 is 44.9 Å². The number of piperidine rings is 1. The van der Waals surface area contributed by atoms with E-state index >= 15 is 0 Å². The fourth-order valence-corrected chi connectivity index (χ4v) is 5.89. The topological polar surface area (TPSA) is 103 Å². The van der Waals surface area contributed by atoms with Gasteiger partial charge in [0, 0.05) is 56.6 Å². The molecule has 2 aliphatic heterocycles. The number of anilines is 2. The molecular weight excluding hydrogens is 514 g/mol. The van der Waals surface area contributed by atoms with E-state index in [9.17, 15) is 13.2 Å². The standard InChI is InChI=1S/C25H32ClN7O3S/c1-17-16-33-23(27-24(17)31-11-6-7-12-31)15-21(28-33)22-8-4-5-13-32(22)25(34)19-14-18(26)9-10-20(19)29-37(35,36)30(2)3/h9-10,14-16,22,29H,4-8,11-13H2,1-3H3. The average molecular weight is 546 g/mol. The van der Waals surface area contributed by atoms with Gasteiger partial charge in [-0.05, 0) is 57.2 Å². The van der Waals surface area contributed by atoms with Crippen LogP contribution in [-0.2, 0) is 10.2 Å². The number of hydrogen-bond acceptors (Lipinski definition) is 6. The van der Waals surface area contributed by atoms with E-state index in [1.165, 1.54) is 39.1 Å². The molecule has 2 fully saturated rings. The van der Waals surface area contributed by atoms with Gasteiger partial charge in [-0.15, -0.1) is 0 Å². The highest BCUT2D eigenvalue weighted by Gasteiger charge is 2.33. The summed E-state index contributed by atoms with van der Waals surface area (Å²) < 4.78 is 30.4. The Morgan fingerprint density at radius 2 is 1.84 bits per heavy atom. The summed E-state index contributed by atoms with van der Waals surface area (Å²) in [4.78, 5) is 22.9. The number of benzene rings is 1. The van der Waals surface area contributed by atoms with E-state index in [1.54, 1.807) is 15.5 Å². The third kappa shape index (κ3) is 5.12. The van der Waals surface area contributed by atoms with Crippen LogP contribution in [0.25, 0.3) is 5.65 Å². The first-order chi connectivity index (χ1) is 17.6. The minimum atomic E-state index is -3.81. The Morgan fingerprint density at radius 3 is 2.57 bits per heavy atom. The van der Waals surface area contributed by atoms with Gasteiger partial charge < -0.3 is 9.80 Å². The molecule has 2 aromatic heterocycles. The lowest BCUT2D eigenvalue weighted by Crippen LogP contribution is -2.39. The highest BCUT2D eigenvalue weighted by molar-refractivity contribution is 7.90. The molecule has 1 aromatic carbocycles. The maximum absolute atomic E-state index is 13.9. The van der Waals surface area contributed by atoms with Gasteiger partial charge >= 0.3 is 10.2 Å². The minimum Gasteiger partial charge on any atom is -0.356 e. The van der Waals surface area contributed by atoms with Crippen LogP contribution in [0.5, 0.6) is 0 Å². The molecule has 4 heterocycles. The molecule has 0 saturated carbocycles. The van der Waals surface area contributed by atoms with E-state index in [0.717, 1.165) is 59.4 Å². The summed E-state index contributed by atoms with van der Waals surface area (Å²) in [6.45, 7) is 4.60. The normalized spacial score (nSPS) is 18.7. The second-order valence-corrected chi connectivity index (χ2v) is 12.2. The van der Waals surface area contributed by atoms with Gasteiger partial charge in [0.2, 0.25) is 0 Å². The Morgan fingerprint density at radius 1 is 1.11 bits per heavy atom. The molecule has 0 aliphatic carbocycles. The predicted molar refractivity (Wildman–Crippen MR) is 144 cm³/mol. The molecule has 1 unspecified atom stereocenters. The molecule has 3 aromatic rings. The molecule has 1 N–H and O–H groups in total. The Labute approximate surface area is 222 Å². The fourth-order valence-electron chi connectivity index (χ4n) is 5.08. The SMILES string of the molecule is Cc1cn2nc(C3CCCCN3C(=O)c3cc(Cl)ccc3NS(=O)(=O)N(C)C)cc2nc1N1CCCC1. The number of halogens is 1. The molecule has 0 radical (unpaired) electrons. The van der Waals surface area contributed by atoms with Crippen molar-refractivity contribution in [3.05, 3.63) is 52.3 Å². The van der Waals surface area contributed by atoms with Gasteiger partial charge in [-0.1, -0.05) is 11.6 Å².